The van der Waals surface area contributed by atoms with Crippen molar-refractivity contribution in [3.63, 3.8) is 0 Å². The van der Waals surface area contributed by atoms with Crippen molar-refractivity contribution in [2.45, 2.75) is 38.8 Å². The third-order valence-corrected chi connectivity index (χ3v) is 7.85. The van der Waals surface area contributed by atoms with Gasteiger partial charge >= 0.3 is 12.0 Å². The molecule has 1 fully saturated rings. The summed E-state index contributed by atoms with van der Waals surface area (Å²) in [6, 6.07) is 19.2. The molecule has 0 spiro atoms. The number of fused-ring (bicyclic) bond motifs is 1. The minimum absolute atomic E-state index is 0.0171. The molecule has 1 N–H and O–H groups in total. The lowest BCUT2D eigenvalue weighted by atomic mass is 10.0. The van der Waals surface area contributed by atoms with Gasteiger partial charge in [0.25, 0.3) is 0 Å². The van der Waals surface area contributed by atoms with E-state index in [1.165, 1.54) is 30.5 Å². The molecule has 0 unspecified atom stereocenters. The van der Waals surface area contributed by atoms with Crippen LogP contribution in [-0.4, -0.2) is 30.6 Å². The molecule has 0 bridgehead atoms. The summed E-state index contributed by atoms with van der Waals surface area (Å²) in [6.45, 7) is 0.337. The normalized spacial score (nSPS) is 13.3. The molecule has 44 heavy (non-hydrogen) atoms. The zero-order valence-electron chi connectivity index (χ0n) is 23.3. The summed E-state index contributed by atoms with van der Waals surface area (Å²) < 4.78 is 37.2. The molecule has 0 saturated heterocycles. The van der Waals surface area contributed by atoms with Crippen LogP contribution in [0.2, 0.25) is 0 Å². The average molecular weight is 591 g/mol. The molecular weight excluding hydrogens is 566 g/mol. The number of carboxylic acid groups (broad SMARTS) is 1. The van der Waals surface area contributed by atoms with E-state index < -0.39 is 17.6 Å². The third kappa shape index (κ3) is 5.81. The number of ether oxygens (including phenoxy) is 1. The molecule has 2 aromatic heterocycles. The second-order valence-corrected chi connectivity index (χ2v) is 10.9. The fraction of sp³-hybridized carbons (Fsp3) is 0.212. The molecule has 218 valence electrons. The number of aromatic nitrogens is 4. The number of nitriles is 2. The van der Waals surface area contributed by atoms with Crippen LogP contribution in [0.3, 0.4) is 0 Å². The first-order valence-corrected chi connectivity index (χ1v) is 13.8. The van der Waals surface area contributed by atoms with Gasteiger partial charge in [0.1, 0.15) is 24.1 Å². The van der Waals surface area contributed by atoms with Crippen LogP contribution >= 0.6 is 0 Å². The molecule has 1 saturated carbocycles. The van der Waals surface area contributed by atoms with Crippen LogP contribution in [0.15, 0.2) is 66.9 Å². The molecule has 9 nitrogen and oxygen atoms in total. The summed E-state index contributed by atoms with van der Waals surface area (Å²) in [5.41, 5.74) is 2.87. The first-order chi connectivity index (χ1) is 21.3. The van der Waals surface area contributed by atoms with E-state index in [0.29, 0.717) is 46.6 Å². The highest BCUT2D eigenvalue weighted by atomic mass is 19.1. The lowest BCUT2D eigenvalue weighted by molar-refractivity contribution is 0.0697. The highest BCUT2D eigenvalue weighted by molar-refractivity contribution is 5.92. The van der Waals surface area contributed by atoms with Crippen molar-refractivity contribution in [2.24, 2.45) is 5.41 Å². The van der Waals surface area contributed by atoms with Crippen molar-refractivity contribution in [3.8, 4) is 29.4 Å². The van der Waals surface area contributed by atoms with E-state index in [4.69, 9.17) is 15.0 Å². The summed E-state index contributed by atoms with van der Waals surface area (Å²) >= 11 is 0. The maximum absolute atomic E-state index is 15.5. The van der Waals surface area contributed by atoms with Crippen LogP contribution in [0.25, 0.3) is 22.3 Å². The van der Waals surface area contributed by atoms with Gasteiger partial charge in [0.2, 0.25) is 0 Å². The molecule has 3 aromatic carbocycles. The van der Waals surface area contributed by atoms with Crippen LogP contribution in [0.5, 0.6) is 6.01 Å². The molecule has 1 aliphatic rings. The van der Waals surface area contributed by atoms with E-state index in [9.17, 15) is 19.6 Å². The van der Waals surface area contributed by atoms with Crippen LogP contribution in [-0.2, 0) is 19.6 Å². The van der Waals surface area contributed by atoms with Crippen molar-refractivity contribution in [3.05, 3.63) is 107 Å². The van der Waals surface area contributed by atoms with Crippen molar-refractivity contribution < 1.29 is 23.4 Å². The minimum atomic E-state index is -1.05. The topological polar surface area (TPSA) is 138 Å². The molecule has 0 atom stereocenters. The SMILES string of the molecule is N#CCC1(Cn2c(Cc3ccc(-c4ccnc(OCc5ccc(C#N)cc5F)n4)cc3F)nc3ccc(C(=O)O)cc32)CC1. The van der Waals surface area contributed by atoms with Gasteiger partial charge in [-0.1, -0.05) is 18.2 Å². The van der Waals surface area contributed by atoms with Crippen molar-refractivity contribution in [1.82, 2.24) is 19.5 Å². The number of carboxylic acids is 1. The van der Waals surface area contributed by atoms with Crippen molar-refractivity contribution in [2.75, 3.05) is 0 Å². The molecule has 0 aliphatic heterocycles. The quantitative estimate of drug-likeness (QED) is 0.203. The molecule has 5 aromatic rings. The predicted molar refractivity (Wildman–Crippen MR) is 154 cm³/mol. The number of hydrogen-bond donors (Lipinski definition) is 1. The van der Waals surface area contributed by atoms with Gasteiger partial charge in [-0.2, -0.15) is 15.5 Å². The molecule has 1 aliphatic carbocycles. The summed E-state index contributed by atoms with van der Waals surface area (Å²) in [4.78, 5) is 24.8. The van der Waals surface area contributed by atoms with Gasteiger partial charge in [0.15, 0.2) is 0 Å². The molecular formula is C33H24F2N6O3. The van der Waals surface area contributed by atoms with Gasteiger partial charge in [-0.25, -0.2) is 23.5 Å². The number of carbonyl (C=O) groups is 1. The van der Waals surface area contributed by atoms with Gasteiger partial charge in [-0.15, -0.1) is 0 Å². The number of hydrogen-bond acceptors (Lipinski definition) is 7. The maximum atomic E-state index is 15.5. The lowest BCUT2D eigenvalue weighted by Gasteiger charge is -2.16. The standard InChI is InChI=1S/C33H24F2N6O3/c34-25-13-20(17-37)1-2-24(25)18-44-32-38-12-7-27(40-32)22-4-3-21(26(35)14-22)16-30-39-28-6-5-23(31(42)43)15-29(28)41(30)19-33(8-9-33)10-11-36/h1-7,12-15H,8-10,16,18-19H2,(H,42,43). The number of aromatic carboxylic acids is 1. The van der Waals surface area contributed by atoms with Crippen LogP contribution in [0.1, 0.15) is 52.1 Å². The Bertz CT molecular complexity index is 2010. The van der Waals surface area contributed by atoms with E-state index in [2.05, 4.69) is 16.0 Å². The Labute approximate surface area is 250 Å². The number of imidazole rings is 1. The highest BCUT2D eigenvalue weighted by Crippen LogP contribution is 2.50. The Morgan fingerprint density at radius 2 is 1.80 bits per heavy atom. The number of nitrogens with zero attached hydrogens (tertiary/aromatic N) is 6. The Morgan fingerprint density at radius 1 is 1.00 bits per heavy atom. The molecule has 6 rings (SSSR count). The number of halogens is 2. The Kier molecular flexibility index (Phi) is 7.46. The first kappa shape index (κ1) is 28.4. The summed E-state index contributed by atoms with van der Waals surface area (Å²) in [5.74, 6) is -1.54. The van der Waals surface area contributed by atoms with Crippen LogP contribution in [0.4, 0.5) is 8.78 Å². The Hall–Kier alpha value is -5.68. The molecule has 11 heteroatoms. The van der Waals surface area contributed by atoms with Gasteiger partial charge < -0.3 is 14.4 Å². The second-order valence-electron chi connectivity index (χ2n) is 10.9. The largest absolute Gasteiger partial charge is 0.478 e. The van der Waals surface area contributed by atoms with E-state index in [-0.39, 0.29) is 41.1 Å². The van der Waals surface area contributed by atoms with Gasteiger partial charge in [-0.3, -0.25) is 0 Å². The van der Waals surface area contributed by atoms with E-state index >= 15 is 4.39 Å². The van der Waals surface area contributed by atoms with Crippen LogP contribution < -0.4 is 4.74 Å². The Morgan fingerprint density at radius 3 is 2.50 bits per heavy atom. The zero-order valence-corrected chi connectivity index (χ0v) is 23.3. The second kappa shape index (κ2) is 11.5. The van der Waals surface area contributed by atoms with E-state index in [0.717, 1.165) is 18.9 Å². The minimum Gasteiger partial charge on any atom is -0.478 e. The average Bonchev–Trinajstić information content (AvgIpc) is 3.70. The van der Waals surface area contributed by atoms with E-state index in [1.54, 1.807) is 30.3 Å². The van der Waals surface area contributed by atoms with Gasteiger partial charge in [-0.05, 0) is 60.9 Å². The summed E-state index contributed by atoms with van der Waals surface area (Å²) in [5, 5.41) is 27.8. The fourth-order valence-corrected chi connectivity index (χ4v) is 5.16. The predicted octanol–water partition coefficient (Wildman–Crippen LogP) is 6.21. The first-order valence-electron chi connectivity index (χ1n) is 13.8. The molecule has 2 heterocycles. The third-order valence-electron chi connectivity index (χ3n) is 7.85. The van der Waals surface area contributed by atoms with Crippen molar-refractivity contribution in [1.29, 1.82) is 10.5 Å². The summed E-state index contributed by atoms with van der Waals surface area (Å²) in [6.07, 6.45) is 3.76. The number of benzene rings is 3. The lowest BCUT2D eigenvalue weighted by Crippen LogP contribution is -2.14. The summed E-state index contributed by atoms with van der Waals surface area (Å²) in [7, 11) is 0. The Balaban J connectivity index is 1.25. The van der Waals surface area contributed by atoms with Gasteiger partial charge in [0.05, 0.1) is 40.0 Å². The zero-order chi connectivity index (χ0) is 30.8. The van der Waals surface area contributed by atoms with Crippen molar-refractivity contribution >= 4 is 17.0 Å². The number of rotatable bonds is 10. The smallest absolute Gasteiger partial charge is 0.335 e. The van der Waals surface area contributed by atoms with Crippen LogP contribution in [0, 0.1) is 39.7 Å². The fourth-order valence-electron chi connectivity index (χ4n) is 5.16. The molecule has 0 radical (unpaired) electrons. The highest BCUT2D eigenvalue weighted by Gasteiger charge is 2.43. The van der Waals surface area contributed by atoms with Gasteiger partial charge in [0, 0.05) is 42.1 Å². The molecule has 0 amide bonds. The monoisotopic (exact) mass is 590 g/mol. The maximum Gasteiger partial charge on any atom is 0.335 e. The van der Waals surface area contributed by atoms with E-state index in [1.807, 2.05) is 10.6 Å².